The zero-order valence-electron chi connectivity index (χ0n) is 11.3. The SMILES string of the molecule is COc1ccc(C(C)(C)C)cc1C1CNC(=O)N1. The van der Waals surface area contributed by atoms with Gasteiger partial charge in [0.25, 0.3) is 0 Å². The summed E-state index contributed by atoms with van der Waals surface area (Å²) in [5.74, 6) is 0.817. The maximum Gasteiger partial charge on any atom is 0.315 e. The second-order valence-corrected chi connectivity index (χ2v) is 5.61. The molecule has 0 aliphatic carbocycles. The van der Waals surface area contributed by atoms with Crippen LogP contribution in [-0.4, -0.2) is 19.7 Å². The van der Waals surface area contributed by atoms with Crippen LogP contribution < -0.4 is 15.4 Å². The molecule has 2 N–H and O–H groups in total. The highest BCUT2D eigenvalue weighted by Crippen LogP contribution is 2.32. The van der Waals surface area contributed by atoms with Crippen molar-refractivity contribution in [1.29, 1.82) is 0 Å². The number of amides is 2. The number of rotatable bonds is 2. The maximum absolute atomic E-state index is 11.2. The number of carbonyl (C=O) groups excluding carboxylic acids is 1. The lowest BCUT2D eigenvalue weighted by molar-refractivity contribution is 0.247. The van der Waals surface area contributed by atoms with Crippen LogP contribution in [0.25, 0.3) is 0 Å². The maximum atomic E-state index is 11.2. The fraction of sp³-hybridized carbons (Fsp3) is 0.500. The summed E-state index contributed by atoms with van der Waals surface area (Å²) >= 11 is 0. The highest BCUT2D eigenvalue weighted by atomic mass is 16.5. The Balaban J connectivity index is 2.40. The molecule has 0 saturated carbocycles. The molecule has 1 fully saturated rings. The molecule has 1 aromatic carbocycles. The van der Waals surface area contributed by atoms with E-state index in [-0.39, 0.29) is 17.5 Å². The third-order valence-corrected chi connectivity index (χ3v) is 3.24. The number of methoxy groups -OCH3 is 1. The molecule has 2 rings (SSSR count). The van der Waals surface area contributed by atoms with Crippen LogP contribution in [0.1, 0.15) is 37.9 Å². The summed E-state index contributed by atoms with van der Waals surface area (Å²) in [5.41, 5.74) is 2.35. The highest BCUT2D eigenvalue weighted by molar-refractivity contribution is 5.77. The molecule has 1 saturated heterocycles. The molecule has 98 valence electrons. The van der Waals surface area contributed by atoms with Crippen LogP contribution in [0.5, 0.6) is 5.75 Å². The second kappa shape index (κ2) is 4.52. The lowest BCUT2D eigenvalue weighted by Gasteiger charge is -2.22. The average molecular weight is 248 g/mol. The molecule has 0 aromatic heterocycles. The predicted octanol–water partition coefficient (Wildman–Crippen LogP) is 2.35. The van der Waals surface area contributed by atoms with Gasteiger partial charge in [-0.1, -0.05) is 26.8 Å². The standard InChI is InChI=1S/C14H20N2O2/c1-14(2,3)9-5-6-12(18-4)10(7-9)11-8-15-13(17)16-11/h5-7,11H,8H2,1-4H3,(H2,15,16,17). The van der Waals surface area contributed by atoms with Gasteiger partial charge in [-0.2, -0.15) is 0 Å². The van der Waals surface area contributed by atoms with Gasteiger partial charge in [-0.3, -0.25) is 0 Å². The van der Waals surface area contributed by atoms with Crippen LogP contribution in [0.15, 0.2) is 18.2 Å². The van der Waals surface area contributed by atoms with Gasteiger partial charge in [0.1, 0.15) is 5.75 Å². The topological polar surface area (TPSA) is 50.4 Å². The molecular formula is C14H20N2O2. The summed E-state index contributed by atoms with van der Waals surface area (Å²) in [4.78, 5) is 11.2. The third-order valence-electron chi connectivity index (χ3n) is 3.24. The first kappa shape index (κ1) is 12.7. The summed E-state index contributed by atoms with van der Waals surface area (Å²) in [6.07, 6.45) is 0. The van der Waals surface area contributed by atoms with Crippen molar-refractivity contribution in [2.45, 2.75) is 32.2 Å². The van der Waals surface area contributed by atoms with Crippen LogP contribution in [0.4, 0.5) is 4.79 Å². The number of urea groups is 1. The van der Waals surface area contributed by atoms with E-state index in [4.69, 9.17) is 4.74 Å². The van der Waals surface area contributed by atoms with Gasteiger partial charge >= 0.3 is 6.03 Å². The molecular weight excluding hydrogens is 228 g/mol. The van der Waals surface area contributed by atoms with Crippen LogP contribution >= 0.6 is 0 Å². The Bertz CT molecular complexity index is 463. The lowest BCUT2D eigenvalue weighted by atomic mass is 9.85. The Morgan fingerprint density at radius 2 is 2.06 bits per heavy atom. The molecule has 4 heteroatoms. The molecule has 4 nitrogen and oxygen atoms in total. The minimum atomic E-state index is -0.122. The van der Waals surface area contributed by atoms with Gasteiger partial charge in [-0.05, 0) is 23.1 Å². The van der Waals surface area contributed by atoms with E-state index in [0.717, 1.165) is 11.3 Å². The van der Waals surface area contributed by atoms with Crippen molar-refractivity contribution in [2.24, 2.45) is 0 Å². The quantitative estimate of drug-likeness (QED) is 0.844. The smallest absolute Gasteiger partial charge is 0.315 e. The van der Waals surface area contributed by atoms with E-state index in [9.17, 15) is 4.79 Å². The van der Waals surface area contributed by atoms with E-state index in [1.807, 2.05) is 6.07 Å². The predicted molar refractivity (Wildman–Crippen MR) is 71.0 cm³/mol. The fourth-order valence-corrected chi connectivity index (χ4v) is 2.12. The zero-order chi connectivity index (χ0) is 13.3. The first-order valence-electron chi connectivity index (χ1n) is 6.14. The van der Waals surface area contributed by atoms with Crippen molar-refractivity contribution in [1.82, 2.24) is 10.6 Å². The molecule has 0 bridgehead atoms. The number of hydrogen-bond acceptors (Lipinski definition) is 2. The average Bonchev–Trinajstić information content (AvgIpc) is 2.73. The molecule has 1 aliphatic rings. The van der Waals surface area contributed by atoms with E-state index in [0.29, 0.717) is 6.54 Å². The molecule has 0 spiro atoms. The second-order valence-electron chi connectivity index (χ2n) is 5.61. The van der Waals surface area contributed by atoms with Gasteiger partial charge in [-0.25, -0.2) is 4.79 Å². The molecule has 1 aromatic rings. The van der Waals surface area contributed by atoms with E-state index >= 15 is 0 Å². The van der Waals surface area contributed by atoms with E-state index in [1.54, 1.807) is 7.11 Å². The molecule has 1 atom stereocenters. The summed E-state index contributed by atoms with van der Waals surface area (Å²) < 4.78 is 5.38. The van der Waals surface area contributed by atoms with Gasteiger partial charge in [0.05, 0.1) is 13.2 Å². The van der Waals surface area contributed by atoms with E-state index < -0.39 is 0 Å². The van der Waals surface area contributed by atoms with Crippen molar-refractivity contribution in [2.75, 3.05) is 13.7 Å². The Hall–Kier alpha value is -1.71. The Morgan fingerprint density at radius 3 is 2.56 bits per heavy atom. The molecule has 1 aliphatic heterocycles. The van der Waals surface area contributed by atoms with Crippen LogP contribution in [0.3, 0.4) is 0 Å². The number of hydrogen-bond donors (Lipinski definition) is 2. The molecule has 18 heavy (non-hydrogen) atoms. The van der Waals surface area contributed by atoms with Gasteiger partial charge in [-0.15, -0.1) is 0 Å². The van der Waals surface area contributed by atoms with Crippen LogP contribution in [0.2, 0.25) is 0 Å². The van der Waals surface area contributed by atoms with Gasteiger partial charge in [0.2, 0.25) is 0 Å². The molecule has 2 amide bonds. The van der Waals surface area contributed by atoms with Crippen LogP contribution in [-0.2, 0) is 5.41 Å². The van der Waals surface area contributed by atoms with Crippen molar-refractivity contribution in [3.8, 4) is 5.75 Å². The number of benzene rings is 1. The van der Waals surface area contributed by atoms with Crippen molar-refractivity contribution >= 4 is 6.03 Å². The minimum absolute atomic E-state index is 0.0188. The zero-order valence-corrected chi connectivity index (χ0v) is 11.3. The van der Waals surface area contributed by atoms with Gasteiger partial charge in [0.15, 0.2) is 0 Å². The number of nitrogens with one attached hydrogen (secondary N) is 2. The van der Waals surface area contributed by atoms with Crippen molar-refractivity contribution < 1.29 is 9.53 Å². The van der Waals surface area contributed by atoms with Crippen molar-refractivity contribution in [3.63, 3.8) is 0 Å². The monoisotopic (exact) mass is 248 g/mol. The number of carbonyl (C=O) groups is 1. The van der Waals surface area contributed by atoms with E-state index in [1.165, 1.54) is 5.56 Å². The summed E-state index contributed by atoms with van der Waals surface area (Å²) in [7, 11) is 1.65. The molecule has 0 radical (unpaired) electrons. The fourth-order valence-electron chi connectivity index (χ4n) is 2.12. The largest absolute Gasteiger partial charge is 0.496 e. The highest BCUT2D eigenvalue weighted by Gasteiger charge is 2.26. The first-order chi connectivity index (χ1) is 8.41. The van der Waals surface area contributed by atoms with Crippen molar-refractivity contribution in [3.05, 3.63) is 29.3 Å². The normalized spacial score (nSPS) is 19.3. The molecule has 1 heterocycles. The summed E-state index contributed by atoms with van der Waals surface area (Å²) in [5, 5.41) is 5.67. The Kier molecular flexibility index (Phi) is 3.20. The molecule has 1 unspecified atom stereocenters. The third kappa shape index (κ3) is 2.42. The van der Waals surface area contributed by atoms with E-state index in [2.05, 4.69) is 43.5 Å². The van der Waals surface area contributed by atoms with Gasteiger partial charge < -0.3 is 15.4 Å². The minimum Gasteiger partial charge on any atom is -0.496 e. The van der Waals surface area contributed by atoms with Crippen LogP contribution in [0, 0.1) is 0 Å². The summed E-state index contributed by atoms with van der Waals surface area (Å²) in [6, 6.07) is 6.03. The Labute approximate surface area is 108 Å². The first-order valence-corrected chi connectivity index (χ1v) is 6.14. The lowest BCUT2D eigenvalue weighted by Crippen LogP contribution is -2.22. The number of ether oxygens (including phenoxy) is 1. The Morgan fingerprint density at radius 1 is 1.33 bits per heavy atom. The summed E-state index contributed by atoms with van der Waals surface area (Å²) in [6.45, 7) is 7.11. The van der Waals surface area contributed by atoms with Gasteiger partial charge in [0, 0.05) is 12.1 Å².